The van der Waals surface area contributed by atoms with E-state index in [4.69, 9.17) is 17.3 Å². The molecule has 0 saturated heterocycles. The summed E-state index contributed by atoms with van der Waals surface area (Å²) in [6.45, 7) is 1.73. The molecule has 0 aliphatic rings. The van der Waals surface area contributed by atoms with Crippen molar-refractivity contribution in [3.8, 4) is 0 Å². The third-order valence-corrected chi connectivity index (χ3v) is 1.50. The first-order chi connectivity index (χ1) is 4.04. The van der Waals surface area contributed by atoms with E-state index in [0.717, 1.165) is 4.99 Å². The van der Waals surface area contributed by atoms with E-state index in [0.29, 0.717) is 6.42 Å². The van der Waals surface area contributed by atoms with Gasteiger partial charge in [0.1, 0.15) is 0 Å². The Kier molecular flexibility index (Phi) is 3.73. The molecule has 0 fully saturated rings. The second-order valence-corrected chi connectivity index (χ2v) is 2.81. The van der Waals surface area contributed by atoms with Crippen LogP contribution in [0.1, 0.15) is 13.3 Å². The van der Waals surface area contributed by atoms with E-state index in [1.165, 1.54) is 0 Å². The van der Waals surface area contributed by atoms with Crippen molar-refractivity contribution in [3.63, 3.8) is 0 Å². The molecule has 9 heavy (non-hydrogen) atoms. The normalized spacial score (nSPS) is 12.9. The molecule has 1 atom stereocenters. The van der Waals surface area contributed by atoms with E-state index in [2.05, 4.69) is 0 Å². The van der Waals surface area contributed by atoms with Crippen molar-refractivity contribution in [1.29, 1.82) is 0 Å². The van der Waals surface area contributed by atoms with Gasteiger partial charge in [-0.05, 0) is 6.92 Å². The van der Waals surface area contributed by atoms with E-state index in [9.17, 15) is 0 Å². The quantitative estimate of drug-likeness (QED) is 0.580. The molecule has 54 valence electrons. The van der Waals surface area contributed by atoms with Crippen LogP contribution in [0.2, 0.25) is 0 Å². The van der Waals surface area contributed by atoms with Gasteiger partial charge in [-0.2, -0.15) is 0 Å². The molecule has 0 saturated carbocycles. The summed E-state index contributed by atoms with van der Waals surface area (Å²) in [4.78, 5) is 2.63. The summed E-state index contributed by atoms with van der Waals surface area (Å²) in [7, 11) is 3.76. The van der Waals surface area contributed by atoms with Crippen LogP contribution in [-0.2, 0) is 0 Å². The van der Waals surface area contributed by atoms with Gasteiger partial charge in [0.15, 0.2) is 0 Å². The Bertz CT molecular complexity index is 101. The fourth-order valence-electron chi connectivity index (χ4n) is 0.435. The van der Waals surface area contributed by atoms with Crippen molar-refractivity contribution in [2.45, 2.75) is 19.4 Å². The second kappa shape index (κ2) is 3.80. The van der Waals surface area contributed by atoms with Crippen LogP contribution in [0.15, 0.2) is 0 Å². The zero-order valence-electron chi connectivity index (χ0n) is 6.09. The lowest BCUT2D eigenvalue weighted by molar-refractivity contribution is 0.201. The topological polar surface area (TPSA) is 23.5 Å². The van der Waals surface area contributed by atoms with Crippen molar-refractivity contribution >= 4 is 17.2 Å². The molecule has 0 aromatic heterocycles. The lowest BCUT2D eigenvalue weighted by Crippen LogP contribution is -2.23. The van der Waals surface area contributed by atoms with E-state index in [-0.39, 0.29) is 6.10 Å². The Balaban J connectivity index is 3.51. The zero-order valence-corrected chi connectivity index (χ0v) is 6.90. The Hall–Kier alpha value is -0.150. The summed E-state index contributed by atoms with van der Waals surface area (Å²) in [6, 6.07) is 0. The van der Waals surface area contributed by atoms with Crippen molar-refractivity contribution in [1.82, 2.24) is 4.90 Å². The maximum atomic E-state index is 8.86. The van der Waals surface area contributed by atoms with Crippen molar-refractivity contribution < 1.29 is 5.11 Å². The molecule has 0 aliphatic heterocycles. The van der Waals surface area contributed by atoms with Gasteiger partial charge in [-0.1, -0.05) is 12.2 Å². The number of nitrogens with zero attached hydrogens (tertiary/aromatic N) is 1. The number of aliphatic hydroxyl groups is 1. The molecular weight excluding hydrogens is 134 g/mol. The average molecular weight is 147 g/mol. The van der Waals surface area contributed by atoms with Crippen LogP contribution in [0.3, 0.4) is 0 Å². The third-order valence-electron chi connectivity index (χ3n) is 0.969. The number of rotatable bonds is 2. The molecule has 0 bridgehead atoms. The maximum absolute atomic E-state index is 8.86. The predicted octanol–water partition coefficient (Wildman–Crippen LogP) is 0.646. The van der Waals surface area contributed by atoms with E-state index in [1.807, 2.05) is 19.0 Å². The van der Waals surface area contributed by atoms with Crippen LogP contribution >= 0.6 is 12.2 Å². The lowest BCUT2D eigenvalue weighted by Gasteiger charge is -2.14. The fraction of sp³-hybridized carbons (Fsp3) is 0.833. The van der Waals surface area contributed by atoms with Crippen LogP contribution < -0.4 is 0 Å². The first-order valence-corrected chi connectivity index (χ1v) is 3.33. The second-order valence-electron chi connectivity index (χ2n) is 2.34. The number of hydrogen-bond acceptors (Lipinski definition) is 2. The Morgan fingerprint density at radius 2 is 2.11 bits per heavy atom. The molecule has 0 aromatic rings. The van der Waals surface area contributed by atoms with Gasteiger partial charge < -0.3 is 10.0 Å². The van der Waals surface area contributed by atoms with E-state index >= 15 is 0 Å². The molecule has 0 heterocycles. The molecule has 0 aromatic carbocycles. The molecule has 0 radical (unpaired) electrons. The highest BCUT2D eigenvalue weighted by atomic mass is 32.1. The summed E-state index contributed by atoms with van der Waals surface area (Å²) >= 11 is 4.92. The Labute approximate surface area is 61.5 Å². The number of aliphatic hydroxyl groups excluding tert-OH is 1. The Morgan fingerprint density at radius 3 is 2.22 bits per heavy atom. The molecule has 0 amide bonds. The van der Waals surface area contributed by atoms with Crippen LogP contribution in [0.4, 0.5) is 0 Å². The number of thiocarbonyl (C=S) groups is 1. The number of hydrogen-bond donors (Lipinski definition) is 1. The molecule has 2 nitrogen and oxygen atoms in total. The van der Waals surface area contributed by atoms with Crippen molar-refractivity contribution in [3.05, 3.63) is 0 Å². The van der Waals surface area contributed by atoms with E-state index < -0.39 is 0 Å². The highest BCUT2D eigenvalue weighted by molar-refractivity contribution is 7.80. The standard InChI is InChI=1S/C6H13NOS/c1-5(8)4-6(9)7(2)3/h5,8H,4H2,1-3H3/t5-/m0/s1. The zero-order chi connectivity index (χ0) is 7.44. The smallest absolute Gasteiger partial charge is 0.0799 e. The van der Waals surface area contributed by atoms with Gasteiger partial charge in [0, 0.05) is 20.5 Å². The molecule has 0 spiro atoms. The molecule has 1 N–H and O–H groups in total. The predicted molar refractivity (Wildman–Crippen MR) is 42.6 cm³/mol. The minimum atomic E-state index is -0.320. The summed E-state index contributed by atoms with van der Waals surface area (Å²) in [5.41, 5.74) is 0. The van der Waals surface area contributed by atoms with Crippen molar-refractivity contribution in [2.24, 2.45) is 0 Å². The van der Waals surface area contributed by atoms with Gasteiger partial charge in [-0.25, -0.2) is 0 Å². The Morgan fingerprint density at radius 1 is 1.67 bits per heavy atom. The highest BCUT2D eigenvalue weighted by Gasteiger charge is 2.01. The van der Waals surface area contributed by atoms with Gasteiger partial charge in [0.25, 0.3) is 0 Å². The molecular formula is C6H13NOS. The van der Waals surface area contributed by atoms with Crippen LogP contribution in [0, 0.1) is 0 Å². The highest BCUT2D eigenvalue weighted by Crippen LogP contribution is 1.95. The third kappa shape index (κ3) is 4.36. The summed E-state index contributed by atoms with van der Waals surface area (Å²) in [6.07, 6.45) is 0.266. The van der Waals surface area contributed by atoms with E-state index in [1.54, 1.807) is 6.92 Å². The van der Waals surface area contributed by atoms with Crippen LogP contribution in [0.25, 0.3) is 0 Å². The fourth-order valence-corrected chi connectivity index (χ4v) is 0.676. The van der Waals surface area contributed by atoms with Gasteiger partial charge in [-0.3, -0.25) is 0 Å². The van der Waals surface area contributed by atoms with Crippen molar-refractivity contribution in [2.75, 3.05) is 14.1 Å². The summed E-state index contributed by atoms with van der Waals surface area (Å²) < 4.78 is 0. The molecule has 0 aliphatic carbocycles. The summed E-state index contributed by atoms with van der Waals surface area (Å²) in [5.74, 6) is 0. The lowest BCUT2D eigenvalue weighted by atomic mass is 10.3. The minimum Gasteiger partial charge on any atom is -0.393 e. The molecule has 0 rings (SSSR count). The monoisotopic (exact) mass is 147 g/mol. The maximum Gasteiger partial charge on any atom is 0.0799 e. The summed E-state index contributed by atoms with van der Waals surface area (Å²) in [5, 5.41) is 8.86. The largest absolute Gasteiger partial charge is 0.393 e. The van der Waals surface area contributed by atoms with Gasteiger partial charge in [0.2, 0.25) is 0 Å². The van der Waals surface area contributed by atoms with Crippen LogP contribution in [0.5, 0.6) is 0 Å². The molecule has 3 heteroatoms. The van der Waals surface area contributed by atoms with Gasteiger partial charge in [-0.15, -0.1) is 0 Å². The first kappa shape index (κ1) is 8.85. The van der Waals surface area contributed by atoms with Gasteiger partial charge in [0.05, 0.1) is 11.1 Å². The minimum absolute atomic E-state index is 0.320. The SMILES string of the molecule is C[C@H](O)CC(=S)N(C)C. The van der Waals surface area contributed by atoms with Crippen LogP contribution in [-0.4, -0.2) is 35.2 Å². The van der Waals surface area contributed by atoms with Gasteiger partial charge >= 0.3 is 0 Å². The first-order valence-electron chi connectivity index (χ1n) is 2.92. The molecule has 0 unspecified atom stereocenters. The average Bonchev–Trinajstić information content (AvgIpc) is 1.63.